The lowest BCUT2D eigenvalue weighted by molar-refractivity contribution is 0.0284. The number of hydrogen-bond donors (Lipinski definition) is 0. The Bertz CT molecular complexity index is 811. The summed E-state index contributed by atoms with van der Waals surface area (Å²) >= 11 is 0. The van der Waals surface area contributed by atoms with Crippen LogP contribution in [-0.4, -0.2) is 50.6 Å². The highest BCUT2D eigenvalue weighted by Gasteiger charge is 2.33. The SMILES string of the molecule is CC(C)(C)OC(=O)N1CC[C@@H](COC2=NS(=O)(=O)c3ccccc32)C1. The van der Waals surface area contributed by atoms with E-state index in [-0.39, 0.29) is 22.8 Å². The molecule has 8 heteroatoms. The predicted molar refractivity (Wildman–Crippen MR) is 92.0 cm³/mol. The summed E-state index contributed by atoms with van der Waals surface area (Å²) in [6, 6.07) is 6.60. The molecule has 1 aromatic rings. The van der Waals surface area contributed by atoms with Gasteiger partial charge in [0, 0.05) is 19.0 Å². The number of sulfonamides is 1. The minimum absolute atomic E-state index is 0.116. The molecule has 7 nitrogen and oxygen atoms in total. The number of likely N-dealkylation sites (tertiary alicyclic amines) is 1. The molecule has 0 unspecified atom stereocenters. The van der Waals surface area contributed by atoms with E-state index in [0.29, 0.717) is 25.3 Å². The van der Waals surface area contributed by atoms with Crippen molar-refractivity contribution in [1.29, 1.82) is 0 Å². The quantitative estimate of drug-likeness (QED) is 0.802. The van der Waals surface area contributed by atoms with Crippen LogP contribution in [0, 0.1) is 5.92 Å². The first-order valence-electron chi connectivity index (χ1n) is 8.21. The van der Waals surface area contributed by atoms with Gasteiger partial charge >= 0.3 is 6.09 Å². The highest BCUT2D eigenvalue weighted by Crippen LogP contribution is 2.27. The highest BCUT2D eigenvalue weighted by molar-refractivity contribution is 7.90. The molecule has 1 atom stereocenters. The van der Waals surface area contributed by atoms with Crippen LogP contribution >= 0.6 is 0 Å². The second kappa shape index (κ2) is 6.33. The van der Waals surface area contributed by atoms with Crippen LogP contribution in [0.5, 0.6) is 0 Å². The zero-order valence-electron chi connectivity index (χ0n) is 14.6. The van der Waals surface area contributed by atoms with Gasteiger partial charge in [-0.2, -0.15) is 8.42 Å². The van der Waals surface area contributed by atoms with E-state index in [2.05, 4.69) is 4.40 Å². The number of nitrogens with zero attached hydrogens (tertiary/aromatic N) is 2. The molecule has 0 aromatic heterocycles. The first-order chi connectivity index (χ1) is 11.7. The van der Waals surface area contributed by atoms with Gasteiger partial charge in [-0.25, -0.2) is 4.79 Å². The van der Waals surface area contributed by atoms with Crippen molar-refractivity contribution < 1.29 is 22.7 Å². The van der Waals surface area contributed by atoms with Crippen LogP contribution in [0.1, 0.15) is 32.8 Å². The van der Waals surface area contributed by atoms with Gasteiger partial charge in [-0.15, -0.1) is 4.40 Å². The second-order valence-corrected chi connectivity index (χ2v) is 8.83. The molecule has 0 bridgehead atoms. The molecule has 1 fully saturated rings. The van der Waals surface area contributed by atoms with Crippen LogP contribution in [0.3, 0.4) is 0 Å². The van der Waals surface area contributed by atoms with Crippen molar-refractivity contribution >= 4 is 22.0 Å². The standard InChI is InChI=1S/C17H22N2O5S/c1-17(2,3)24-16(20)19-9-8-12(10-19)11-23-15-13-6-4-5-7-14(13)25(21,22)18-15/h4-7,12H,8-11H2,1-3H3/t12-/m1/s1. The summed E-state index contributed by atoms with van der Waals surface area (Å²) < 4.78 is 38.7. The maximum absolute atomic E-state index is 12.1. The summed E-state index contributed by atoms with van der Waals surface area (Å²) in [6.07, 6.45) is 0.446. The maximum Gasteiger partial charge on any atom is 0.410 e. The van der Waals surface area contributed by atoms with E-state index >= 15 is 0 Å². The van der Waals surface area contributed by atoms with Crippen molar-refractivity contribution in [3.05, 3.63) is 29.8 Å². The van der Waals surface area contributed by atoms with Crippen LogP contribution < -0.4 is 0 Å². The van der Waals surface area contributed by atoms with E-state index in [0.717, 1.165) is 6.42 Å². The smallest absolute Gasteiger partial charge is 0.410 e. The molecule has 136 valence electrons. The lowest BCUT2D eigenvalue weighted by Crippen LogP contribution is -2.35. The van der Waals surface area contributed by atoms with Gasteiger partial charge < -0.3 is 14.4 Å². The Hall–Kier alpha value is -2.09. The van der Waals surface area contributed by atoms with Crippen LogP contribution in [0.15, 0.2) is 33.6 Å². The number of ether oxygens (including phenoxy) is 2. The zero-order chi connectivity index (χ0) is 18.2. The molecule has 25 heavy (non-hydrogen) atoms. The van der Waals surface area contributed by atoms with Crippen molar-refractivity contribution in [2.45, 2.75) is 37.7 Å². The molecule has 2 aliphatic heterocycles. The van der Waals surface area contributed by atoms with Gasteiger partial charge in [0.15, 0.2) is 0 Å². The van der Waals surface area contributed by atoms with Gasteiger partial charge in [-0.3, -0.25) is 0 Å². The number of carbonyl (C=O) groups excluding carboxylic acids is 1. The van der Waals surface area contributed by atoms with E-state index in [1.54, 1.807) is 23.1 Å². The van der Waals surface area contributed by atoms with Crippen molar-refractivity contribution in [2.75, 3.05) is 19.7 Å². The molecule has 1 amide bonds. The zero-order valence-corrected chi connectivity index (χ0v) is 15.4. The van der Waals surface area contributed by atoms with E-state index in [1.807, 2.05) is 20.8 Å². The number of rotatable bonds is 2. The molecule has 2 aliphatic rings. The normalized spacial score (nSPS) is 21.6. The van der Waals surface area contributed by atoms with Crippen molar-refractivity contribution in [3.8, 4) is 0 Å². The fourth-order valence-electron chi connectivity index (χ4n) is 2.84. The van der Waals surface area contributed by atoms with Crippen LogP contribution in [0.25, 0.3) is 0 Å². The average Bonchev–Trinajstić information content (AvgIpc) is 3.07. The summed E-state index contributed by atoms with van der Waals surface area (Å²) in [5.41, 5.74) is -0.0352. The Morgan fingerprint density at radius 1 is 1.32 bits per heavy atom. The van der Waals surface area contributed by atoms with Gasteiger partial charge in [-0.1, -0.05) is 12.1 Å². The van der Waals surface area contributed by atoms with E-state index < -0.39 is 15.6 Å². The Morgan fingerprint density at radius 2 is 2.04 bits per heavy atom. The summed E-state index contributed by atoms with van der Waals surface area (Å²) in [7, 11) is -3.67. The third kappa shape index (κ3) is 3.95. The highest BCUT2D eigenvalue weighted by atomic mass is 32.2. The second-order valence-electron chi connectivity index (χ2n) is 7.26. The number of benzene rings is 1. The number of carbonyl (C=O) groups is 1. The number of fused-ring (bicyclic) bond motifs is 1. The van der Waals surface area contributed by atoms with E-state index in [9.17, 15) is 13.2 Å². The van der Waals surface area contributed by atoms with Gasteiger partial charge in [-0.05, 0) is 39.3 Å². The van der Waals surface area contributed by atoms with Gasteiger partial charge in [0.25, 0.3) is 10.0 Å². The third-order valence-corrected chi connectivity index (χ3v) is 5.31. The largest absolute Gasteiger partial charge is 0.476 e. The summed E-state index contributed by atoms with van der Waals surface area (Å²) in [5, 5.41) is 0. The topological polar surface area (TPSA) is 85.3 Å². The van der Waals surface area contributed by atoms with E-state index in [1.165, 1.54) is 6.07 Å². The van der Waals surface area contributed by atoms with Crippen LogP contribution in [0.4, 0.5) is 4.79 Å². The van der Waals surface area contributed by atoms with Crippen LogP contribution in [0.2, 0.25) is 0 Å². The number of amides is 1. The summed E-state index contributed by atoms with van der Waals surface area (Å²) in [5.74, 6) is 0.247. The van der Waals surface area contributed by atoms with Gasteiger partial charge in [0.2, 0.25) is 5.90 Å². The molecule has 3 rings (SSSR count). The third-order valence-electron chi connectivity index (χ3n) is 3.99. The molecular formula is C17H22N2O5S. The Morgan fingerprint density at radius 3 is 2.76 bits per heavy atom. The van der Waals surface area contributed by atoms with E-state index in [4.69, 9.17) is 9.47 Å². The molecule has 1 aromatic carbocycles. The Labute approximate surface area is 147 Å². The lowest BCUT2D eigenvalue weighted by Gasteiger charge is -2.24. The molecule has 0 radical (unpaired) electrons. The molecule has 1 saturated heterocycles. The number of hydrogen-bond acceptors (Lipinski definition) is 5. The molecule has 0 spiro atoms. The summed E-state index contributed by atoms with van der Waals surface area (Å²) in [4.78, 5) is 13.9. The molecule has 2 heterocycles. The van der Waals surface area contributed by atoms with Crippen LogP contribution in [-0.2, 0) is 19.5 Å². The fraction of sp³-hybridized carbons (Fsp3) is 0.529. The van der Waals surface area contributed by atoms with Gasteiger partial charge in [0.1, 0.15) is 10.5 Å². The lowest BCUT2D eigenvalue weighted by atomic mass is 10.1. The Kier molecular flexibility index (Phi) is 4.49. The minimum Gasteiger partial charge on any atom is -0.476 e. The van der Waals surface area contributed by atoms with Crippen molar-refractivity contribution in [1.82, 2.24) is 4.90 Å². The predicted octanol–water partition coefficient (Wildman–Crippen LogP) is 2.41. The summed E-state index contributed by atoms with van der Waals surface area (Å²) in [6.45, 7) is 6.93. The molecule has 0 N–H and O–H groups in total. The monoisotopic (exact) mass is 366 g/mol. The first kappa shape index (κ1) is 17.7. The average molecular weight is 366 g/mol. The maximum atomic E-state index is 12.1. The molecule has 0 aliphatic carbocycles. The van der Waals surface area contributed by atoms with Crippen molar-refractivity contribution in [2.24, 2.45) is 10.3 Å². The first-order valence-corrected chi connectivity index (χ1v) is 9.65. The minimum atomic E-state index is -3.67. The van der Waals surface area contributed by atoms with Crippen molar-refractivity contribution in [3.63, 3.8) is 0 Å². The molecule has 0 saturated carbocycles. The Balaban J connectivity index is 1.58. The van der Waals surface area contributed by atoms with Gasteiger partial charge in [0.05, 0.1) is 12.2 Å². The molecular weight excluding hydrogens is 344 g/mol. The fourth-order valence-corrected chi connectivity index (χ4v) is 3.99.